The second kappa shape index (κ2) is 9.43. The van der Waals surface area contributed by atoms with E-state index >= 15 is 0 Å². The molecular weight excluding hydrogens is 374 g/mol. The van der Waals surface area contributed by atoms with Crippen LogP contribution in [-0.2, 0) is 19.1 Å². The van der Waals surface area contributed by atoms with Crippen molar-refractivity contribution in [2.24, 2.45) is 5.92 Å². The Kier molecular flexibility index (Phi) is 6.70. The molecule has 162 valence electrons. The van der Waals surface area contributed by atoms with Crippen LogP contribution < -0.4 is 5.32 Å². The predicted molar refractivity (Wildman–Crippen MR) is 105 cm³/mol. The van der Waals surface area contributed by atoms with Crippen LogP contribution in [-0.4, -0.2) is 85.2 Å². The summed E-state index contributed by atoms with van der Waals surface area (Å²) in [6.07, 6.45) is 7.92. The van der Waals surface area contributed by atoms with Crippen LogP contribution in [0.5, 0.6) is 0 Å². The van der Waals surface area contributed by atoms with Crippen molar-refractivity contribution in [3.05, 3.63) is 0 Å². The number of nitrogens with zero attached hydrogens (tertiary/aromatic N) is 2. The number of carbonyl (C=O) groups is 3. The number of hydrogen-bond acceptors (Lipinski definition) is 5. The molecule has 3 saturated heterocycles. The van der Waals surface area contributed by atoms with Crippen molar-refractivity contribution in [1.82, 2.24) is 15.1 Å². The van der Waals surface area contributed by atoms with E-state index in [4.69, 9.17) is 9.47 Å². The van der Waals surface area contributed by atoms with Gasteiger partial charge in [-0.2, -0.15) is 0 Å². The maximum Gasteiger partial charge on any atom is 0.318 e. The fraction of sp³-hybridized carbons (Fsp3) is 0.857. The first-order chi connectivity index (χ1) is 14.1. The molecule has 4 aliphatic rings. The van der Waals surface area contributed by atoms with Gasteiger partial charge in [0.15, 0.2) is 5.78 Å². The topological polar surface area (TPSA) is 88.2 Å². The summed E-state index contributed by atoms with van der Waals surface area (Å²) in [7, 11) is 0. The Morgan fingerprint density at radius 2 is 1.79 bits per heavy atom. The first-order valence-electron chi connectivity index (χ1n) is 11.2. The van der Waals surface area contributed by atoms with Gasteiger partial charge in [-0.1, -0.05) is 32.1 Å². The number of hydrogen-bond donors (Lipinski definition) is 1. The van der Waals surface area contributed by atoms with Crippen LogP contribution in [0.4, 0.5) is 4.79 Å². The van der Waals surface area contributed by atoms with Crippen molar-refractivity contribution in [2.75, 3.05) is 39.5 Å². The number of likely N-dealkylation sites (tertiary alicyclic amines) is 1. The maximum absolute atomic E-state index is 13.5. The van der Waals surface area contributed by atoms with Gasteiger partial charge in [0, 0.05) is 19.6 Å². The van der Waals surface area contributed by atoms with Crippen LogP contribution in [0.1, 0.15) is 51.4 Å². The minimum absolute atomic E-state index is 0.0148. The summed E-state index contributed by atoms with van der Waals surface area (Å²) in [5, 5.41) is 3.01. The molecule has 3 atom stereocenters. The van der Waals surface area contributed by atoms with Crippen molar-refractivity contribution in [3.63, 3.8) is 0 Å². The second-order valence-electron chi connectivity index (χ2n) is 8.78. The number of carbonyl (C=O) groups excluding carboxylic acids is 3. The Balaban J connectivity index is 1.47. The van der Waals surface area contributed by atoms with Gasteiger partial charge in [-0.05, 0) is 25.2 Å². The van der Waals surface area contributed by atoms with Gasteiger partial charge < -0.3 is 24.6 Å². The third-order valence-corrected chi connectivity index (χ3v) is 6.82. The molecule has 3 heterocycles. The van der Waals surface area contributed by atoms with Crippen LogP contribution in [0.15, 0.2) is 0 Å². The van der Waals surface area contributed by atoms with E-state index in [-0.39, 0.29) is 30.4 Å². The van der Waals surface area contributed by atoms with E-state index in [0.717, 1.165) is 25.7 Å². The van der Waals surface area contributed by atoms with E-state index in [9.17, 15) is 14.4 Å². The first-order valence-corrected chi connectivity index (χ1v) is 11.2. The summed E-state index contributed by atoms with van der Waals surface area (Å²) in [4.78, 5) is 42.1. The molecule has 1 aliphatic carbocycles. The van der Waals surface area contributed by atoms with Crippen LogP contribution in [0.25, 0.3) is 0 Å². The molecule has 29 heavy (non-hydrogen) atoms. The molecule has 0 radical (unpaired) electrons. The largest absolute Gasteiger partial charge is 0.378 e. The quantitative estimate of drug-likeness (QED) is 0.760. The highest BCUT2D eigenvalue weighted by Crippen LogP contribution is 2.30. The van der Waals surface area contributed by atoms with Gasteiger partial charge in [-0.25, -0.2) is 4.79 Å². The van der Waals surface area contributed by atoms with Gasteiger partial charge >= 0.3 is 6.03 Å². The number of fused-ring (bicyclic) bond motifs is 1. The molecule has 8 nitrogen and oxygen atoms in total. The number of morpholine rings is 1. The zero-order valence-electron chi connectivity index (χ0n) is 17.1. The number of rotatable bonds is 4. The minimum Gasteiger partial charge on any atom is -0.378 e. The average Bonchev–Trinajstić information content (AvgIpc) is 3.15. The van der Waals surface area contributed by atoms with E-state index in [2.05, 4.69) is 5.32 Å². The number of urea groups is 1. The molecule has 0 aromatic rings. The average molecular weight is 408 g/mol. The zero-order chi connectivity index (χ0) is 20.2. The lowest BCUT2D eigenvalue weighted by Gasteiger charge is -2.39. The lowest BCUT2D eigenvalue weighted by molar-refractivity contribution is -0.142. The third kappa shape index (κ3) is 4.74. The fourth-order valence-electron chi connectivity index (χ4n) is 5.22. The number of Topliss-reactive ketones (excluding diaryl/α,β-unsaturated/α-hetero) is 1. The minimum atomic E-state index is -0.583. The molecule has 4 rings (SSSR count). The first kappa shape index (κ1) is 20.6. The summed E-state index contributed by atoms with van der Waals surface area (Å²) >= 11 is 0. The molecule has 0 spiro atoms. The summed E-state index contributed by atoms with van der Waals surface area (Å²) in [5.74, 6) is 0.309. The maximum atomic E-state index is 13.5. The van der Waals surface area contributed by atoms with E-state index < -0.39 is 12.1 Å². The van der Waals surface area contributed by atoms with Crippen molar-refractivity contribution >= 4 is 17.7 Å². The number of ketones is 1. The van der Waals surface area contributed by atoms with Gasteiger partial charge in [0.25, 0.3) is 0 Å². The Bertz CT molecular complexity index is 615. The Labute approximate surface area is 172 Å². The predicted octanol–water partition coefficient (Wildman–Crippen LogP) is 1.33. The van der Waals surface area contributed by atoms with Crippen molar-refractivity contribution in [1.29, 1.82) is 0 Å². The number of amides is 3. The van der Waals surface area contributed by atoms with Gasteiger partial charge in [0.05, 0.1) is 19.3 Å². The summed E-state index contributed by atoms with van der Waals surface area (Å²) in [5.41, 5.74) is 0. The highest BCUT2D eigenvalue weighted by atomic mass is 16.5. The Morgan fingerprint density at radius 3 is 2.55 bits per heavy atom. The normalized spacial score (nSPS) is 29.4. The second-order valence-corrected chi connectivity index (χ2v) is 8.78. The van der Waals surface area contributed by atoms with Crippen molar-refractivity contribution in [3.8, 4) is 0 Å². The molecule has 4 fully saturated rings. The van der Waals surface area contributed by atoms with Gasteiger partial charge in [0.2, 0.25) is 5.91 Å². The van der Waals surface area contributed by atoms with Crippen LogP contribution >= 0.6 is 0 Å². The SMILES string of the molecule is O=C1COC2CCCN(C(=O)C(CC3CCCCC3)NC(=O)N3CCOCC3)C12. The number of piperidine rings is 1. The summed E-state index contributed by atoms with van der Waals surface area (Å²) in [6.45, 7) is 2.77. The summed E-state index contributed by atoms with van der Waals surface area (Å²) in [6, 6.07) is -1.27. The lowest BCUT2D eigenvalue weighted by atomic mass is 9.84. The van der Waals surface area contributed by atoms with Gasteiger partial charge in [-0.3, -0.25) is 9.59 Å². The summed E-state index contributed by atoms with van der Waals surface area (Å²) < 4.78 is 10.9. The molecule has 3 amide bonds. The molecule has 1 saturated carbocycles. The highest BCUT2D eigenvalue weighted by Gasteiger charge is 2.46. The van der Waals surface area contributed by atoms with Crippen LogP contribution in [0.2, 0.25) is 0 Å². The molecule has 8 heteroatoms. The third-order valence-electron chi connectivity index (χ3n) is 6.82. The number of nitrogens with one attached hydrogen (secondary N) is 1. The molecule has 0 aromatic heterocycles. The Hall–Kier alpha value is -1.67. The van der Waals surface area contributed by atoms with Crippen LogP contribution in [0, 0.1) is 5.92 Å². The number of ether oxygens (including phenoxy) is 2. The van der Waals surface area contributed by atoms with E-state index in [1.165, 1.54) is 19.3 Å². The van der Waals surface area contributed by atoms with E-state index in [0.29, 0.717) is 45.2 Å². The molecular formula is C21H33N3O5. The lowest BCUT2D eigenvalue weighted by Crippen LogP contribution is -2.59. The zero-order valence-corrected chi connectivity index (χ0v) is 17.1. The molecule has 1 N–H and O–H groups in total. The molecule has 0 bridgehead atoms. The molecule has 3 unspecified atom stereocenters. The molecule has 3 aliphatic heterocycles. The van der Waals surface area contributed by atoms with Crippen molar-refractivity contribution < 1.29 is 23.9 Å². The van der Waals surface area contributed by atoms with E-state index in [1.54, 1.807) is 9.80 Å². The van der Waals surface area contributed by atoms with E-state index in [1.807, 2.05) is 0 Å². The van der Waals surface area contributed by atoms with Crippen LogP contribution in [0.3, 0.4) is 0 Å². The van der Waals surface area contributed by atoms with Gasteiger partial charge in [0.1, 0.15) is 18.7 Å². The fourth-order valence-corrected chi connectivity index (χ4v) is 5.22. The van der Waals surface area contributed by atoms with Gasteiger partial charge in [-0.15, -0.1) is 0 Å². The smallest absolute Gasteiger partial charge is 0.318 e. The standard InChI is InChI=1S/C21H33N3O5/c25-17-14-29-18-7-4-8-24(19(17)18)20(26)16(13-15-5-2-1-3-6-15)22-21(27)23-9-11-28-12-10-23/h15-16,18-19H,1-14H2,(H,22,27). The van der Waals surface area contributed by atoms with Crippen molar-refractivity contribution in [2.45, 2.75) is 69.6 Å². The Morgan fingerprint density at radius 1 is 1.03 bits per heavy atom. The monoisotopic (exact) mass is 407 g/mol. The molecule has 0 aromatic carbocycles. The highest BCUT2D eigenvalue weighted by molar-refractivity contribution is 5.94.